The molecule has 0 spiro atoms. The summed E-state index contributed by atoms with van der Waals surface area (Å²) in [6, 6.07) is 9.84. The van der Waals surface area contributed by atoms with Crippen LogP contribution >= 0.6 is 0 Å². The number of para-hydroxylation sites is 1. The Hall–Kier alpha value is -3.22. The topological polar surface area (TPSA) is 95.6 Å². The molecule has 1 aromatic carbocycles. The van der Waals surface area contributed by atoms with E-state index in [4.69, 9.17) is 10.3 Å². The molecule has 7 heteroatoms. The van der Waals surface area contributed by atoms with E-state index in [-0.39, 0.29) is 0 Å². The Morgan fingerprint density at radius 3 is 2.57 bits per heavy atom. The van der Waals surface area contributed by atoms with Crippen molar-refractivity contribution in [3.8, 4) is 17.1 Å². The molecule has 0 bridgehead atoms. The zero-order valence-electron chi connectivity index (χ0n) is 12.7. The average Bonchev–Trinajstić information content (AvgIpc) is 3.12. The molecule has 2 N–H and O–H groups in total. The lowest BCUT2D eigenvalue weighted by atomic mass is 10.2. The lowest BCUT2D eigenvalue weighted by Crippen LogP contribution is -2.01. The molecular formula is C16H14N6O. The van der Waals surface area contributed by atoms with Crippen LogP contribution in [0.1, 0.15) is 11.5 Å². The van der Waals surface area contributed by atoms with E-state index in [1.54, 1.807) is 6.33 Å². The molecule has 0 radical (unpaired) electrons. The quantitative estimate of drug-likeness (QED) is 0.611. The van der Waals surface area contributed by atoms with E-state index < -0.39 is 0 Å². The fraction of sp³-hybridized carbons (Fsp3) is 0.125. The minimum absolute atomic E-state index is 0.333. The molecule has 3 aromatic heterocycles. The summed E-state index contributed by atoms with van der Waals surface area (Å²) in [5.74, 6) is 1.48. The minimum Gasteiger partial charge on any atom is -0.382 e. The average molecular weight is 306 g/mol. The van der Waals surface area contributed by atoms with Gasteiger partial charge in [0.15, 0.2) is 22.8 Å². The second kappa shape index (κ2) is 4.91. The van der Waals surface area contributed by atoms with Gasteiger partial charge in [0.2, 0.25) is 0 Å². The molecule has 114 valence electrons. The van der Waals surface area contributed by atoms with Crippen LogP contribution in [0.2, 0.25) is 0 Å². The van der Waals surface area contributed by atoms with Crippen molar-refractivity contribution < 1.29 is 4.52 Å². The number of hydrogen-bond acceptors (Lipinski definition) is 6. The molecule has 0 saturated heterocycles. The maximum Gasteiger partial charge on any atom is 0.170 e. The predicted octanol–water partition coefficient (Wildman–Crippen LogP) is 2.67. The monoisotopic (exact) mass is 306 g/mol. The number of hydrogen-bond donors (Lipinski definition) is 1. The smallest absolute Gasteiger partial charge is 0.170 e. The summed E-state index contributed by atoms with van der Waals surface area (Å²) < 4.78 is 7.09. The highest BCUT2D eigenvalue weighted by molar-refractivity contribution is 5.85. The van der Waals surface area contributed by atoms with Crippen molar-refractivity contribution in [3.63, 3.8) is 0 Å². The number of nitrogens with zero attached hydrogens (tertiary/aromatic N) is 5. The van der Waals surface area contributed by atoms with Crippen LogP contribution in [0.3, 0.4) is 0 Å². The van der Waals surface area contributed by atoms with E-state index in [9.17, 15) is 0 Å². The molecule has 7 nitrogen and oxygen atoms in total. The van der Waals surface area contributed by atoms with Gasteiger partial charge in [-0.2, -0.15) is 0 Å². The first-order valence-corrected chi connectivity index (χ1v) is 7.14. The number of anilines is 1. The van der Waals surface area contributed by atoms with Gasteiger partial charge in [-0.3, -0.25) is 4.57 Å². The van der Waals surface area contributed by atoms with Crippen molar-refractivity contribution in [2.45, 2.75) is 13.8 Å². The number of aryl methyl sites for hydroxylation is 2. The Kier molecular flexibility index (Phi) is 2.87. The third-order valence-electron chi connectivity index (χ3n) is 3.71. The summed E-state index contributed by atoms with van der Waals surface area (Å²) in [5, 5.41) is 3.95. The standard InChI is InChI=1S/C16H14N6O/c1-9-12(10(2)23-21-9)15-19-14(17)13-16(20-15)22(8-18-13)11-6-4-3-5-7-11/h3-8H,1-2H3,(H2,17,19,20). The third-order valence-corrected chi connectivity index (χ3v) is 3.71. The van der Waals surface area contributed by atoms with Gasteiger partial charge in [-0.1, -0.05) is 23.4 Å². The van der Waals surface area contributed by atoms with Crippen molar-refractivity contribution in [2.75, 3.05) is 5.73 Å². The second-order valence-corrected chi connectivity index (χ2v) is 5.25. The zero-order valence-corrected chi connectivity index (χ0v) is 12.7. The molecule has 0 saturated carbocycles. The Labute approximate surface area is 131 Å². The molecule has 3 heterocycles. The van der Waals surface area contributed by atoms with Crippen molar-refractivity contribution in [2.24, 2.45) is 0 Å². The lowest BCUT2D eigenvalue weighted by Gasteiger charge is -2.05. The second-order valence-electron chi connectivity index (χ2n) is 5.25. The normalized spacial score (nSPS) is 11.2. The van der Waals surface area contributed by atoms with E-state index >= 15 is 0 Å². The van der Waals surface area contributed by atoms with E-state index in [1.165, 1.54) is 0 Å². The first-order valence-electron chi connectivity index (χ1n) is 7.14. The Morgan fingerprint density at radius 2 is 1.87 bits per heavy atom. The SMILES string of the molecule is Cc1noc(C)c1-c1nc(N)c2ncn(-c3ccccc3)c2n1. The van der Waals surface area contributed by atoms with Gasteiger partial charge >= 0.3 is 0 Å². The minimum atomic E-state index is 0.333. The van der Waals surface area contributed by atoms with Crippen molar-refractivity contribution in [3.05, 3.63) is 48.1 Å². The maximum atomic E-state index is 6.08. The first kappa shape index (κ1) is 13.4. The van der Waals surface area contributed by atoms with Crippen molar-refractivity contribution in [1.82, 2.24) is 24.7 Å². The van der Waals surface area contributed by atoms with Crippen LogP contribution < -0.4 is 5.73 Å². The van der Waals surface area contributed by atoms with Gasteiger partial charge in [0.25, 0.3) is 0 Å². The van der Waals surface area contributed by atoms with Gasteiger partial charge in [0.1, 0.15) is 12.1 Å². The van der Waals surface area contributed by atoms with E-state index in [1.807, 2.05) is 48.7 Å². The highest BCUT2D eigenvalue weighted by atomic mass is 16.5. The van der Waals surface area contributed by atoms with Crippen LogP contribution in [-0.4, -0.2) is 24.7 Å². The molecule has 4 rings (SSSR count). The van der Waals surface area contributed by atoms with Gasteiger partial charge in [-0.05, 0) is 26.0 Å². The predicted molar refractivity (Wildman–Crippen MR) is 86.0 cm³/mol. The molecule has 0 aliphatic heterocycles. The third kappa shape index (κ3) is 2.05. The molecule has 0 unspecified atom stereocenters. The highest BCUT2D eigenvalue weighted by Crippen LogP contribution is 2.28. The van der Waals surface area contributed by atoms with Crippen LogP contribution in [0.25, 0.3) is 28.2 Å². The van der Waals surface area contributed by atoms with Crippen molar-refractivity contribution >= 4 is 17.0 Å². The zero-order chi connectivity index (χ0) is 16.0. The molecule has 0 aliphatic carbocycles. The van der Waals surface area contributed by atoms with E-state index in [0.29, 0.717) is 28.6 Å². The van der Waals surface area contributed by atoms with Crippen LogP contribution in [0.4, 0.5) is 5.82 Å². The first-order chi connectivity index (χ1) is 11.1. The Bertz CT molecular complexity index is 983. The molecule has 0 aliphatic rings. The highest BCUT2D eigenvalue weighted by Gasteiger charge is 2.18. The van der Waals surface area contributed by atoms with Gasteiger partial charge in [-0.25, -0.2) is 15.0 Å². The van der Waals surface area contributed by atoms with Gasteiger partial charge in [-0.15, -0.1) is 0 Å². The number of aromatic nitrogens is 5. The molecule has 4 aromatic rings. The van der Waals surface area contributed by atoms with Crippen molar-refractivity contribution in [1.29, 1.82) is 0 Å². The van der Waals surface area contributed by atoms with Crippen LogP contribution in [0, 0.1) is 13.8 Å². The largest absolute Gasteiger partial charge is 0.382 e. The number of nitrogen functional groups attached to an aromatic ring is 1. The lowest BCUT2D eigenvalue weighted by molar-refractivity contribution is 0.393. The number of fused-ring (bicyclic) bond motifs is 1. The molecule has 0 atom stereocenters. The summed E-state index contributed by atoms with van der Waals surface area (Å²) in [7, 11) is 0. The summed E-state index contributed by atoms with van der Waals surface area (Å²) in [5.41, 5.74) is 9.75. The number of imidazole rings is 1. The number of rotatable bonds is 2. The van der Waals surface area contributed by atoms with Crippen LogP contribution in [0.5, 0.6) is 0 Å². The Morgan fingerprint density at radius 1 is 1.09 bits per heavy atom. The van der Waals surface area contributed by atoms with Crippen LogP contribution in [0.15, 0.2) is 41.2 Å². The van der Waals surface area contributed by atoms with Gasteiger partial charge in [0, 0.05) is 5.69 Å². The summed E-state index contributed by atoms with van der Waals surface area (Å²) in [4.78, 5) is 13.3. The summed E-state index contributed by atoms with van der Waals surface area (Å²) in [6.07, 6.45) is 1.70. The fourth-order valence-corrected chi connectivity index (χ4v) is 2.61. The van der Waals surface area contributed by atoms with Gasteiger partial charge < -0.3 is 10.3 Å². The number of nitrogens with two attached hydrogens (primary N) is 1. The van der Waals surface area contributed by atoms with E-state index in [0.717, 1.165) is 16.9 Å². The fourth-order valence-electron chi connectivity index (χ4n) is 2.61. The summed E-state index contributed by atoms with van der Waals surface area (Å²) in [6.45, 7) is 3.68. The molecule has 23 heavy (non-hydrogen) atoms. The summed E-state index contributed by atoms with van der Waals surface area (Å²) >= 11 is 0. The molecular weight excluding hydrogens is 292 g/mol. The maximum absolute atomic E-state index is 6.08. The number of benzene rings is 1. The molecule has 0 amide bonds. The van der Waals surface area contributed by atoms with Crippen LogP contribution in [-0.2, 0) is 0 Å². The van der Waals surface area contributed by atoms with E-state index in [2.05, 4.69) is 20.1 Å². The Balaban J connectivity index is 2.00. The van der Waals surface area contributed by atoms with Gasteiger partial charge in [0.05, 0.1) is 11.3 Å². The molecule has 0 fully saturated rings.